The Bertz CT molecular complexity index is 435. The van der Waals surface area contributed by atoms with Crippen molar-refractivity contribution in [3.63, 3.8) is 0 Å². The van der Waals surface area contributed by atoms with Crippen molar-refractivity contribution in [2.24, 2.45) is 12.8 Å². The fraction of sp³-hybridized carbons (Fsp3) is 0.714. The van der Waals surface area contributed by atoms with Crippen LogP contribution in [0.1, 0.15) is 51.3 Å². The molecule has 0 aromatic carbocycles. The first-order chi connectivity index (χ1) is 8.93. The zero-order chi connectivity index (χ0) is 14.6. The molecule has 1 rings (SSSR count). The number of aromatic nitrogens is 2. The third kappa shape index (κ3) is 3.28. The lowest BCUT2D eigenvalue weighted by atomic mass is 10.1. The predicted molar refractivity (Wildman–Crippen MR) is 81.0 cm³/mol. The average Bonchev–Trinajstić information content (AvgIpc) is 2.64. The molecule has 0 bridgehead atoms. The van der Waals surface area contributed by atoms with Gasteiger partial charge < -0.3 is 10.6 Å². The second kappa shape index (κ2) is 6.59. The van der Waals surface area contributed by atoms with E-state index in [0.717, 1.165) is 42.9 Å². The molecule has 1 unspecified atom stereocenters. The van der Waals surface area contributed by atoms with Crippen molar-refractivity contribution in [2.75, 3.05) is 11.4 Å². The Labute approximate surface area is 116 Å². The number of amidine groups is 1. The van der Waals surface area contributed by atoms with Crippen molar-refractivity contribution in [1.29, 1.82) is 5.41 Å². The molecule has 3 N–H and O–H groups in total. The molecule has 1 atom stereocenters. The van der Waals surface area contributed by atoms with E-state index in [2.05, 4.69) is 30.8 Å². The first kappa shape index (κ1) is 15.5. The van der Waals surface area contributed by atoms with E-state index in [1.54, 1.807) is 0 Å². The molecule has 0 aliphatic rings. The van der Waals surface area contributed by atoms with Gasteiger partial charge >= 0.3 is 0 Å². The van der Waals surface area contributed by atoms with Crippen LogP contribution >= 0.6 is 0 Å². The Morgan fingerprint density at radius 3 is 2.58 bits per heavy atom. The first-order valence-electron chi connectivity index (χ1n) is 7.08. The Hall–Kier alpha value is -1.52. The van der Waals surface area contributed by atoms with Gasteiger partial charge in [0.1, 0.15) is 11.7 Å². The lowest BCUT2D eigenvalue weighted by Crippen LogP contribution is -2.36. The van der Waals surface area contributed by atoms with Crippen LogP contribution in [0.5, 0.6) is 0 Å². The summed E-state index contributed by atoms with van der Waals surface area (Å²) >= 11 is 0. The second-order valence-corrected chi connectivity index (χ2v) is 5.13. The van der Waals surface area contributed by atoms with E-state index in [4.69, 9.17) is 11.1 Å². The summed E-state index contributed by atoms with van der Waals surface area (Å²) in [5.74, 6) is 1.08. The predicted octanol–water partition coefficient (Wildman–Crippen LogP) is 2.42. The number of unbranched alkanes of at least 4 members (excludes halogenated alkanes) is 1. The fourth-order valence-corrected chi connectivity index (χ4v) is 2.37. The molecule has 1 heterocycles. The standard InChI is InChI=1S/C14H27N5/c1-6-8-9-19(10(3)7-2)14-12(13(15)16)11(4)17-18(14)5/h10H,6-9H2,1-5H3,(H3,15,16). The number of hydrogen-bond donors (Lipinski definition) is 2. The molecule has 0 saturated heterocycles. The van der Waals surface area contributed by atoms with Gasteiger partial charge in [0.15, 0.2) is 0 Å². The topological polar surface area (TPSA) is 70.9 Å². The van der Waals surface area contributed by atoms with Crippen LogP contribution in [0.25, 0.3) is 0 Å². The summed E-state index contributed by atoms with van der Waals surface area (Å²) in [5, 5.41) is 12.2. The van der Waals surface area contributed by atoms with Gasteiger partial charge in [-0.05, 0) is 26.7 Å². The number of anilines is 1. The number of hydrogen-bond acceptors (Lipinski definition) is 3. The van der Waals surface area contributed by atoms with Gasteiger partial charge in [0.05, 0.1) is 11.3 Å². The molecule has 19 heavy (non-hydrogen) atoms. The normalized spacial score (nSPS) is 12.5. The van der Waals surface area contributed by atoms with Crippen molar-refractivity contribution in [2.45, 2.75) is 53.0 Å². The van der Waals surface area contributed by atoms with Crippen molar-refractivity contribution < 1.29 is 0 Å². The van der Waals surface area contributed by atoms with Crippen LogP contribution in [-0.2, 0) is 7.05 Å². The maximum atomic E-state index is 7.80. The highest BCUT2D eigenvalue weighted by Crippen LogP contribution is 2.26. The molecule has 1 aromatic heterocycles. The van der Waals surface area contributed by atoms with E-state index in [9.17, 15) is 0 Å². The molecular formula is C14H27N5. The number of nitrogens with two attached hydrogens (primary N) is 1. The van der Waals surface area contributed by atoms with Crippen LogP contribution in [0.4, 0.5) is 5.82 Å². The molecule has 0 fully saturated rings. The van der Waals surface area contributed by atoms with Crippen molar-refractivity contribution >= 4 is 11.7 Å². The summed E-state index contributed by atoms with van der Waals surface area (Å²) in [4.78, 5) is 2.33. The highest BCUT2D eigenvalue weighted by atomic mass is 15.4. The SMILES string of the molecule is CCCCN(c1c(C(=N)N)c(C)nn1C)C(C)CC. The Morgan fingerprint density at radius 2 is 2.11 bits per heavy atom. The van der Waals surface area contributed by atoms with Gasteiger partial charge in [0.2, 0.25) is 0 Å². The quantitative estimate of drug-likeness (QED) is 0.587. The zero-order valence-corrected chi connectivity index (χ0v) is 12.8. The van der Waals surface area contributed by atoms with E-state index in [1.807, 2.05) is 18.7 Å². The minimum atomic E-state index is 0.102. The lowest BCUT2D eigenvalue weighted by Gasteiger charge is -2.31. The van der Waals surface area contributed by atoms with Crippen LogP contribution in [-0.4, -0.2) is 28.2 Å². The van der Waals surface area contributed by atoms with Gasteiger partial charge in [-0.25, -0.2) is 0 Å². The second-order valence-electron chi connectivity index (χ2n) is 5.13. The molecule has 0 saturated carbocycles. The summed E-state index contributed by atoms with van der Waals surface area (Å²) < 4.78 is 1.86. The van der Waals surface area contributed by atoms with Crippen LogP contribution in [0.15, 0.2) is 0 Å². The molecule has 0 spiro atoms. The number of rotatable bonds is 7. The molecule has 1 aromatic rings. The molecule has 5 heteroatoms. The lowest BCUT2D eigenvalue weighted by molar-refractivity contribution is 0.572. The van der Waals surface area contributed by atoms with Gasteiger partial charge in [0.25, 0.3) is 0 Å². The van der Waals surface area contributed by atoms with Crippen LogP contribution in [0.3, 0.4) is 0 Å². The number of nitrogen functional groups attached to an aromatic ring is 1. The molecule has 0 aliphatic carbocycles. The molecule has 0 radical (unpaired) electrons. The number of aryl methyl sites for hydroxylation is 2. The third-order valence-corrected chi connectivity index (χ3v) is 3.61. The summed E-state index contributed by atoms with van der Waals surface area (Å²) in [6.07, 6.45) is 3.34. The fourth-order valence-electron chi connectivity index (χ4n) is 2.37. The van der Waals surface area contributed by atoms with Gasteiger partial charge in [0, 0.05) is 19.6 Å². The maximum absolute atomic E-state index is 7.80. The Morgan fingerprint density at radius 1 is 1.47 bits per heavy atom. The largest absolute Gasteiger partial charge is 0.384 e. The highest BCUT2D eigenvalue weighted by Gasteiger charge is 2.23. The summed E-state index contributed by atoms with van der Waals surface area (Å²) in [6, 6.07) is 0.416. The minimum absolute atomic E-state index is 0.102. The van der Waals surface area contributed by atoms with Crippen LogP contribution in [0, 0.1) is 12.3 Å². The minimum Gasteiger partial charge on any atom is -0.384 e. The van der Waals surface area contributed by atoms with Gasteiger partial charge in [-0.2, -0.15) is 5.10 Å². The summed E-state index contributed by atoms with van der Waals surface area (Å²) in [6.45, 7) is 9.47. The smallest absolute Gasteiger partial charge is 0.138 e. The van der Waals surface area contributed by atoms with E-state index in [0.29, 0.717) is 6.04 Å². The Balaban J connectivity index is 3.24. The summed E-state index contributed by atoms with van der Waals surface area (Å²) in [5.41, 5.74) is 7.35. The van der Waals surface area contributed by atoms with E-state index in [-0.39, 0.29) is 5.84 Å². The number of nitrogens with zero attached hydrogens (tertiary/aromatic N) is 3. The maximum Gasteiger partial charge on any atom is 0.138 e. The molecule has 5 nitrogen and oxygen atoms in total. The van der Waals surface area contributed by atoms with Gasteiger partial charge in [-0.3, -0.25) is 10.1 Å². The molecule has 108 valence electrons. The van der Waals surface area contributed by atoms with Crippen molar-refractivity contribution in [1.82, 2.24) is 9.78 Å². The third-order valence-electron chi connectivity index (χ3n) is 3.61. The monoisotopic (exact) mass is 265 g/mol. The van der Waals surface area contributed by atoms with Gasteiger partial charge in [-0.1, -0.05) is 20.3 Å². The van der Waals surface area contributed by atoms with E-state index < -0.39 is 0 Å². The van der Waals surface area contributed by atoms with Crippen molar-refractivity contribution in [3.05, 3.63) is 11.3 Å². The summed E-state index contributed by atoms with van der Waals surface area (Å²) in [7, 11) is 1.93. The highest BCUT2D eigenvalue weighted by molar-refractivity contribution is 6.01. The molecule has 0 amide bonds. The van der Waals surface area contributed by atoms with E-state index >= 15 is 0 Å². The average molecular weight is 265 g/mol. The zero-order valence-electron chi connectivity index (χ0n) is 12.8. The van der Waals surface area contributed by atoms with Crippen LogP contribution < -0.4 is 10.6 Å². The van der Waals surface area contributed by atoms with Gasteiger partial charge in [-0.15, -0.1) is 0 Å². The molecular weight excluding hydrogens is 238 g/mol. The first-order valence-corrected chi connectivity index (χ1v) is 7.08. The van der Waals surface area contributed by atoms with Crippen LogP contribution in [0.2, 0.25) is 0 Å². The Kier molecular flexibility index (Phi) is 5.39. The van der Waals surface area contributed by atoms with E-state index in [1.165, 1.54) is 0 Å². The van der Waals surface area contributed by atoms with Crippen molar-refractivity contribution in [3.8, 4) is 0 Å². The molecule has 0 aliphatic heterocycles. The number of nitrogens with one attached hydrogen (secondary N) is 1.